The Morgan fingerprint density at radius 2 is 2.30 bits per heavy atom. The number of likely N-dealkylation sites (tertiary alicyclic amines) is 1. The summed E-state index contributed by atoms with van der Waals surface area (Å²) in [7, 11) is -1.55. The van der Waals surface area contributed by atoms with Gasteiger partial charge in [-0.3, -0.25) is 5.10 Å². The van der Waals surface area contributed by atoms with Gasteiger partial charge in [0.15, 0.2) is 9.84 Å². The molecule has 114 valence electrons. The topological polar surface area (TPSA) is 75.3 Å². The van der Waals surface area contributed by atoms with Crippen LogP contribution < -0.4 is 0 Å². The SMILES string of the molecule is COCCN1CCCC(C)(c2[nH]ncc2S(C)(=O)=O)C1. The minimum atomic E-state index is -3.25. The minimum absolute atomic E-state index is 0.207. The number of sulfone groups is 1. The zero-order valence-electron chi connectivity index (χ0n) is 12.3. The number of nitrogens with one attached hydrogen (secondary N) is 1. The predicted molar refractivity (Wildman–Crippen MR) is 76.6 cm³/mol. The maximum absolute atomic E-state index is 11.9. The third-order valence-corrected chi connectivity index (χ3v) is 5.10. The maximum atomic E-state index is 11.9. The summed E-state index contributed by atoms with van der Waals surface area (Å²) < 4.78 is 28.8. The summed E-state index contributed by atoms with van der Waals surface area (Å²) in [5.41, 5.74) is 0.531. The molecule has 0 amide bonds. The van der Waals surface area contributed by atoms with E-state index < -0.39 is 9.84 Å². The van der Waals surface area contributed by atoms with Crippen LogP contribution in [0.4, 0.5) is 0 Å². The molecular weight excluding hydrogens is 278 g/mol. The summed E-state index contributed by atoms with van der Waals surface area (Å²) >= 11 is 0. The monoisotopic (exact) mass is 301 g/mol. The molecule has 1 aliphatic rings. The van der Waals surface area contributed by atoms with Crippen molar-refractivity contribution in [3.63, 3.8) is 0 Å². The van der Waals surface area contributed by atoms with E-state index in [9.17, 15) is 8.42 Å². The van der Waals surface area contributed by atoms with Gasteiger partial charge in [0.2, 0.25) is 0 Å². The molecule has 20 heavy (non-hydrogen) atoms. The van der Waals surface area contributed by atoms with Crippen molar-refractivity contribution in [2.75, 3.05) is 39.6 Å². The average Bonchev–Trinajstić information content (AvgIpc) is 2.86. The summed E-state index contributed by atoms with van der Waals surface area (Å²) in [6.45, 7) is 5.52. The highest BCUT2D eigenvalue weighted by atomic mass is 32.2. The van der Waals surface area contributed by atoms with E-state index in [0.717, 1.165) is 38.2 Å². The predicted octanol–water partition coefficient (Wildman–Crippen LogP) is 0.813. The van der Waals surface area contributed by atoms with Gasteiger partial charge in [0, 0.05) is 31.9 Å². The summed E-state index contributed by atoms with van der Waals surface area (Å²) in [4.78, 5) is 2.65. The van der Waals surface area contributed by atoms with Crippen LogP contribution in [-0.4, -0.2) is 63.1 Å². The molecule has 0 aromatic carbocycles. The van der Waals surface area contributed by atoms with Gasteiger partial charge in [-0.1, -0.05) is 6.92 Å². The number of nitrogens with zero attached hydrogens (tertiary/aromatic N) is 2. The van der Waals surface area contributed by atoms with Crippen molar-refractivity contribution in [3.05, 3.63) is 11.9 Å². The van der Waals surface area contributed by atoms with Crippen molar-refractivity contribution >= 4 is 9.84 Å². The lowest BCUT2D eigenvalue weighted by molar-refractivity contribution is 0.104. The lowest BCUT2D eigenvalue weighted by Gasteiger charge is -2.40. The molecule has 2 heterocycles. The Labute approximate surface area is 120 Å². The van der Waals surface area contributed by atoms with Crippen LogP contribution in [0.5, 0.6) is 0 Å². The zero-order valence-corrected chi connectivity index (χ0v) is 13.2. The third kappa shape index (κ3) is 3.21. The fourth-order valence-electron chi connectivity index (χ4n) is 2.95. The number of aromatic amines is 1. The van der Waals surface area contributed by atoms with Gasteiger partial charge >= 0.3 is 0 Å². The Balaban J connectivity index is 2.24. The quantitative estimate of drug-likeness (QED) is 0.871. The number of hydrogen-bond donors (Lipinski definition) is 1. The molecule has 6 nitrogen and oxygen atoms in total. The maximum Gasteiger partial charge on any atom is 0.178 e. The standard InChI is InChI=1S/C13H23N3O3S/c1-13(5-4-6-16(10-13)7-8-19-2)12-11(9-14-15-12)20(3,17)18/h9H,4-8,10H2,1-3H3,(H,14,15). The first-order valence-corrected chi connectivity index (χ1v) is 8.71. The van der Waals surface area contributed by atoms with Gasteiger partial charge in [0.1, 0.15) is 4.90 Å². The van der Waals surface area contributed by atoms with Gasteiger partial charge in [0.05, 0.1) is 18.5 Å². The molecule has 1 N–H and O–H groups in total. The second-order valence-corrected chi connectivity index (χ2v) is 7.80. The molecule has 1 aromatic rings. The van der Waals surface area contributed by atoms with Crippen molar-refractivity contribution in [3.8, 4) is 0 Å². The van der Waals surface area contributed by atoms with Crippen LogP contribution in [-0.2, 0) is 20.0 Å². The lowest BCUT2D eigenvalue weighted by atomic mass is 9.79. The van der Waals surface area contributed by atoms with Crippen molar-refractivity contribution in [1.29, 1.82) is 0 Å². The van der Waals surface area contributed by atoms with Crippen LogP contribution >= 0.6 is 0 Å². The lowest BCUT2D eigenvalue weighted by Crippen LogP contribution is -2.46. The average molecular weight is 301 g/mol. The highest BCUT2D eigenvalue weighted by Crippen LogP contribution is 2.35. The number of H-pyrrole nitrogens is 1. The molecule has 2 rings (SSSR count). The fraction of sp³-hybridized carbons (Fsp3) is 0.769. The van der Waals surface area contributed by atoms with Gasteiger partial charge in [-0.05, 0) is 19.4 Å². The van der Waals surface area contributed by atoms with Crippen molar-refractivity contribution in [2.45, 2.75) is 30.1 Å². The largest absolute Gasteiger partial charge is 0.383 e. The summed E-state index contributed by atoms with van der Waals surface area (Å²) in [6.07, 6.45) is 4.66. The van der Waals surface area contributed by atoms with E-state index in [-0.39, 0.29) is 5.41 Å². The molecule has 1 aliphatic heterocycles. The van der Waals surface area contributed by atoms with Gasteiger partial charge < -0.3 is 9.64 Å². The molecule has 7 heteroatoms. The van der Waals surface area contributed by atoms with Crippen molar-refractivity contribution in [1.82, 2.24) is 15.1 Å². The van der Waals surface area contributed by atoms with Gasteiger partial charge in [0.25, 0.3) is 0 Å². The molecule has 1 fully saturated rings. The zero-order chi connectivity index (χ0) is 14.8. The van der Waals surface area contributed by atoms with Crippen LogP contribution in [0.2, 0.25) is 0 Å². The Morgan fingerprint density at radius 3 is 2.95 bits per heavy atom. The summed E-state index contributed by atoms with van der Waals surface area (Å²) in [6, 6.07) is 0. The number of hydrogen-bond acceptors (Lipinski definition) is 5. The van der Waals surface area contributed by atoms with E-state index in [4.69, 9.17) is 4.74 Å². The van der Waals surface area contributed by atoms with Gasteiger partial charge in [-0.15, -0.1) is 0 Å². The Hall–Kier alpha value is -0.920. The first kappa shape index (κ1) is 15.5. The number of methoxy groups -OCH3 is 1. The van der Waals surface area contributed by atoms with E-state index in [1.807, 2.05) is 0 Å². The van der Waals surface area contributed by atoms with E-state index in [0.29, 0.717) is 11.5 Å². The van der Waals surface area contributed by atoms with E-state index in [2.05, 4.69) is 22.0 Å². The van der Waals surface area contributed by atoms with E-state index in [1.54, 1.807) is 7.11 Å². The number of rotatable bonds is 5. The highest BCUT2D eigenvalue weighted by Gasteiger charge is 2.37. The number of ether oxygens (including phenoxy) is 1. The van der Waals surface area contributed by atoms with Crippen molar-refractivity contribution < 1.29 is 13.2 Å². The normalized spacial score (nSPS) is 24.9. The molecule has 1 unspecified atom stereocenters. The molecule has 0 bridgehead atoms. The van der Waals surface area contributed by atoms with Crippen LogP contribution in [0.3, 0.4) is 0 Å². The number of aromatic nitrogens is 2. The molecule has 1 saturated heterocycles. The first-order valence-electron chi connectivity index (χ1n) is 6.82. The van der Waals surface area contributed by atoms with Crippen molar-refractivity contribution in [2.24, 2.45) is 0 Å². The Bertz CT molecular complexity index is 555. The third-order valence-electron chi connectivity index (χ3n) is 3.99. The molecular formula is C13H23N3O3S. The molecule has 0 spiro atoms. The van der Waals surface area contributed by atoms with Crippen LogP contribution in [0, 0.1) is 0 Å². The molecule has 0 aliphatic carbocycles. The second kappa shape index (κ2) is 5.83. The van der Waals surface area contributed by atoms with E-state index in [1.165, 1.54) is 12.5 Å². The molecule has 1 aromatic heterocycles. The first-order chi connectivity index (χ1) is 9.37. The summed E-state index contributed by atoms with van der Waals surface area (Å²) in [5.74, 6) is 0. The second-order valence-electron chi connectivity index (χ2n) is 5.81. The minimum Gasteiger partial charge on any atom is -0.383 e. The summed E-state index contributed by atoms with van der Waals surface area (Å²) in [5, 5.41) is 6.86. The van der Waals surface area contributed by atoms with Gasteiger partial charge in [-0.2, -0.15) is 5.10 Å². The Kier molecular flexibility index (Phi) is 4.51. The van der Waals surface area contributed by atoms with Crippen LogP contribution in [0.25, 0.3) is 0 Å². The fourth-order valence-corrected chi connectivity index (χ4v) is 3.86. The highest BCUT2D eigenvalue weighted by molar-refractivity contribution is 7.90. The van der Waals surface area contributed by atoms with Gasteiger partial charge in [-0.25, -0.2) is 8.42 Å². The smallest absolute Gasteiger partial charge is 0.178 e. The number of piperidine rings is 1. The van der Waals surface area contributed by atoms with Crippen LogP contribution in [0.1, 0.15) is 25.5 Å². The Morgan fingerprint density at radius 1 is 1.55 bits per heavy atom. The van der Waals surface area contributed by atoms with Crippen LogP contribution in [0.15, 0.2) is 11.1 Å². The molecule has 0 saturated carbocycles. The molecule has 1 atom stereocenters. The molecule has 0 radical (unpaired) electrons. The van der Waals surface area contributed by atoms with E-state index >= 15 is 0 Å².